The van der Waals surface area contributed by atoms with Crippen LogP contribution in [0.4, 0.5) is 5.13 Å². The molecule has 0 unspecified atom stereocenters. The minimum absolute atomic E-state index is 0.121. The van der Waals surface area contributed by atoms with Gasteiger partial charge in [-0.3, -0.25) is 14.9 Å². The van der Waals surface area contributed by atoms with Crippen molar-refractivity contribution < 1.29 is 14.3 Å². The Labute approximate surface area is 157 Å². The van der Waals surface area contributed by atoms with Crippen LogP contribution in [-0.2, 0) is 16.0 Å². The number of thiazole rings is 1. The zero-order chi connectivity index (χ0) is 18.4. The van der Waals surface area contributed by atoms with E-state index in [1.165, 1.54) is 49.0 Å². The number of hydrogen-bond acceptors (Lipinski definition) is 5. The summed E-state index contributed by atoms with van der Waals surface area (Å²) in [5, 5.41) is 5.05. The number of amides is 1. The van der Waals surface area contributed by atoms with E-state index in [-0.39, 0.29) is 18.3 Å². The third kappa shape index (κ3) is 4.91. The van der Waals surface area contributed by atoms with Crippen LogP contribution < -0.4 is 5.32 Å². The molecule has 1 heterocycles. The summed E-state index contributed by atoms with van der Waals surface area (Å²) in [5.74, 6) is 0.136. The molecular formula is C20H24N2O3S. The molecule has 0 saturated heterocycles. The van der Waals surface area contributed by atoms with Crippen molar-refractivity contribution in [2.24, 2.45) is 0 Å². The molecule has 1 N–H and O–H groups in total. The van der Waals surface area contributed by atoms with Crippen LogP contribution in [0.15, 0.2) is 29.6 Å². The third-order valence-corrected chi connectivity index (χ3v) is 5.46. The van der Waals surface area contributed by atoms with Gasteiger partial charge in [0, 0.05) is 10.9 Å². The first-order valence-corrected chi connectivity index (χ1v) is 10.0. The SMILES string of the molecule is CCOC(=O)Cc1csc(NC(=O)c2ccc(C3CCCCC3)cc2)n1. The van der Waals surface area contributed by atoms with E-state index in [2.05, 4.69) is 22.4 Å². The Kier molecular flexibility index (Phi) is 6.39. The molecule has 5 nitrogen and oxygen atoms in total. The largest absolute Gasteiger partial charge is 0.466 e. The van der Waals surface area contributed by atoms with Gasteiger partial charge in [0.05, 0.1) is 18.7 Å². The van der Waals surface area contributed by atoms with Crippen LogP contribution >= 0.6 is 11.3 Å². The van der Waals surface area contributed by atoms with E-state index >= 15 is 0 Å². The van der Waals surface area contributed by atoms with E-state index in [1.807, 2.05) is 12.1 Å². The Balaban J connectivity index is 1.57. The lowest BCUT2D eigenvalue weighted by molar-refractivity contribution is -0.142. The Hall–Kier alpha value is -2.21. The summed E-state index contributed by atoms with van der Waals surface area (Å²) in [5.41, 5.74) is 2.55. The van der Waals surface area contributed by atoms with E-state index in [9.17, 15) is 9.59 Å². The second kappa shape index (κ2) is 8.94. The molecule has 0 aliphatic heterocycles. The molecule has 1 saturated carbocycles. The molecular weight excluding hydrogens is 348 g/mol. The molecule has 6 heteroatoms. The van der Waals surface area contributed by atoms with Crippen LogP contribution in [0.2, 0.25) is 0 Å². The number of esters is 1. The number of rotatable bonds is 6. The summed E-state index contributed by atoms with van der Waals surface area (Å²) in [6.45, 7) is 2.12. The highest BCUT2D eigenvalue weighted by Gasteiger charge is 2.16. The van der Waals surface area contributed by atoms with Crippen LogP contribution in [0.5, 0.6) is 0 Å². The summed E-state index contributed by atoms with van der Waals surface area (Å²) in [4.78, 5) is 28.2. The average Bonchev–Trinajstić information content (AvgIpc) is 3.09. The van der Waals surface area contributed by atoms with Gasteiger partial charge in [0.2, 0.25) is 0 Å². The number of anilines is 1. The Morgan fingerprint density at radius 3 is 2.62 bits per heavy atom. The molecule has 138 valence electrons. The van der Waals surface area contributed by atoms with Crippen molar-refractivity contribution in [2.75, 3.05) is 11.9 Å². The fourth-order valence-corrected chi connectivity index (χ4v) is 4.02. The Morgan fingerprint density at radius 2 is 1.92 bits per heavy atom. The molecule has 3 rings (SSSR count). The van der Waals surface area contributed by atoms with Gasteiger partial charge in [-0.25, -0.2) is 4.98 Å². The van der Waals surface area contributed by atoms with Crippen molar-refractivity contribution >= 4 is 28.3 Å². The first-order valence-electron chi connectivity index (χ1n) is 9.17. The molecule has 1 aromatic heterocycles. The maximum atomic E-state index is 12.4. The lowest BCUT2D eigenvalue weighted by Gasteiger charge is -2.22. The Morgan fingerprint density at radius 1 is 1.19 bits per heavy atom. The predicted molar refractivity (Wildman–Crippen MR) is 103 cm³/mol. The van der Waals surface area contributed by atoms with Crippen molar-refractivity contribution in [1.82, 2.24) is 4.98 Å². The molecule has 0 atom stereocenters. The number of carbonyl (C=O) groups excluding carboxylic acids is 2. The van der Waals surface area contributed by atoms with E-state index in [0.717, 1.165) is 0 Å². The molecule has 0 spiro atoms. The van der Waals surface area contributed by atoms with E-state index in [4.69, 9.17) is 4.74 Å². The molecule has 1 aromatic carbocycles. The number of carbonyl (C=O) groups is 2. The van der Waals surface area contributed by atoms with Crippen molar-refractivity contribution in [3.8, 4) is 0 Å². The van der Waals surface area contributed by atoms with Crippen molar-refractivity contribution in [2.45, 2.75) is 51.4 Å². The molecule has 1 amide bonds. The number of aromatic nitrogens is 1. The fourth-order valence-electron chi connectivity index (χ4n) is 3.32. The number of benzene rings is 1. The van der Waals surface area contributed by atoms with Crippen molar-refractivity contribution in [3.05, 3.63) is 46.5 Å². The van der Waals surface area contributed by atoms with Gasteiger partial charge in [0.25, 0.3) is 5.91 Å². The highest BCUT2D eigenvalue weighted by Crippen LogP contribution is 2.32. The highest BCUT2D eigenvalue weighted by atomic mass is 32.1. The lowest BCUT2D eigenvalue weighted by Crippen LogP contribution is -2.12. The van der Waals surface area contributed by atoms with Crippen LogP contribution in [0.25, 0.3) is 0 Å². The normalized spacial score (nSPS) is 14.8. The second-order valence-corrected chi connectivity index (χ2v) is 7.39. The topological polar surface area (TPSA) is 68.3 Å². The summed E-state index contributed by atoms with van der Waals surface area (Å²) >= 11 is 1.31. The smallest absolute Gasteiger partial charge is 0.311 e. The van der Waals surface area contributed by atoms with E-state index in [1.54, 1.807) is 12.3 Å². The molecule has 26 heavy (non-hydrogen) atoms. The fraction of sp³-hybridized carbons (Fsp3) is 0.450. The zero-order valence-corrected chi connectivity index (χ0v) is 15.8. The standard InChI is InChI=1S/C20H24N2O3S/c1-2-25-18(23)12-17-13-26-20(21-17)22-19(24)16-10-8-15(9-11-16)14-6-4-3-5-7-14/h8-11,13-14H,2-7,12H2,1H3,(H,21,22,24). The summed E-state index contributed by atoms with van der Waals surface area (Å²) < 4.78 is 4.90. The Bertz CT molecular complexity index is 749. The van der Waals surface area contributed by atoms with Crippen LogP contribution in [0.1, 0.15) is 66.6 Å². The maximum absolute atomic E-state index is 12.4. The molecule has 1 aliphatic carbocycles. The molecule has 1 aliphatic rings. The van der Waals surface area contributed by atoms with Crippen LogP contribution in [0, 0.1) is 0 Å². The average molecular weight is 372 g/mol. The summed E-state index contributed by atoms with van der Waals surface area (Å²) in [6.07, 6.45) is 6.54. The van der Waals surface area contributed by atoms with Gasteiger partial charge >= 0.3 is 5.97 Å². The van der Waals surface area contributed by atoms with Crippen molar-refractivity contribution in [1.29, 1.82) is 0 Å². The van der Waals surface area contributed by atoms with Gasteiger partial charge in [-0.1, -0.05) is 31.4 Å². The van der Waals surface area contributed by atoms with Gasteiger partial charge < -0.3 is 4.74 Å². The van der Waals surface area contributed by atoms with Gasteiger partial charge in [-0.15, -0.1) is 11.3 Å². The molecule has 0 bridgehead atoms. The first-order chi connectivity index (χ1) is 12.7. The highest BCUT2D eigenvalue weighted by molar-refractivity contribution is 7.14. The minimum Gasteiger partial charge on any atom is -0.466 e. The third-order valence-electron chi connectivity index (χ3n) is 4.65. The monoisotopic (exact) mass is 372 g/mol. The number of nitrogens with one attached hydrogen (secondary N) is 1. The zero-order valence-electron chi connectivity index (χ0n) is 15.0. The summed E-state index contributed by atoms with van der Waals surface area (Å²) in [7, 11) is 0. The number of ether oxygens (including phenoxy) is 1. The second-order valence-electron chi connectivity index (χ2n) is 6.54. The van der Waals surface area contributed by atoms with Gasteiger partial charge in [0.1, 0.15) is 0 Å². The van der Waals surface area contributed by atoms with Crippen molar-refractivity contribution in [3.63, 3.8) is 0 Å². The first kappa shape index (κ1) is 18.6. The number of nitrogens with zero attached hydrogens (tertiary/aromatic N) is 1. The quantitative estimate of drug-likeness (QED) is 0.756. The summed E-state index contributed by atoms with van der Waals surface area (Å²) in [6, 6.07) is 7.90. The van der Waals surface area contributed by atoms with E-state index in [0.29, 0.717) is 28.9 Å². The maximum Gasteiger partial charge on any atom is 0.311 e. The molecule has 0 radical (unpaired) electrons. The molecule has 2 aromatic rings. The van der Waals surface area contributed by atoms with Crippen LogP contribution in [0.3, 0.4) is 0 Å². The van der Waals surface area contributed by atoms with Gasteiger partial charge in [-0.2, -0.15) is 0 Å². The lowest BCUT2D eigenvalue weighted by atomic mass is 9.84. The van der Waals surface area contributed by atoms with Gasteiger partial charge in [0.15, 0.2) is 5.13 Å². The van der Waals surface area contributed by atoms with Gasteiger partial charge in [-0.05, 0) is 43.4 Å². The van der Waals surface area contributed by atoms with Crippen LogP contribution in [-0.4, -0.2) is 23.5 Å². The van der Waals surface area contributed by atoms with E-state index < -0.39 is 0 Å². The predicted octanol–water partition coefficient (Wildman–Crippen LogP) is 4.55. The number of hydrogen-bond donors (Lipinski definition) is 1. The minimum atomic E-state index is -0.311. The molecule has 1 fully saturated rings.